The molecule has 0 unspecified atom stereocenters. The van der Waals surface area contributed by atoms with Crippen LogP contribution in [-0.4, -0.2) is 30.4 Å². The summed E-state index contributed by atoms with van der Waals surface area (Å²) in [4.78, 5) is 22.4. The molecule has 28 heavy (non-hydrogen) atoms. The number of amides is 1. The summed E-state index contributed by atoms with van der Waals surface area (Å²) in [5, 5.41) is 22.7. The highest BCUT2D eigenvalue weighted by Gasteiger charge is 2.17. The molecule has 0 saturated carbocycles. The molecule has 11 heteroatoms. The van der Waals surface area contributed by atoms with Crippen LogP contribution in [-0.2, 0) is 17.9 Å². The minimum Gasteiger partial charge on any atom is -0.321 e. The number of carbonyl (C=O) groups excluding carboxylic acids is 1. The molecule has 3 aromatic rings. The van der Waals surface area contributed by atoms with Crippen molar-refractivity contribution in [2.75, 3.05) is 5.32 Å². The third-order valence-electron chi connectivity index (χ3n) is 4.13. The van der Waals surface area contributed by atoms with Crippen LogP contribution in [0.1, 0.15) is 17.0 Å². The number of hydrogen-bond donors (Lipinski definition) is 1. The van der Waals surface area contributed by atoms with Crippen LogP contribution in [0.2, 0.25) is 10.0 Å². The van der Waals surface area contributed by atoms with E-state index in [1.165, 1.54) is 10.9 Å². The molecule has 0 atom stereocenters. The normalized spacial score (nSPS) is 10.9. The van der Waals surface area contributed by atoms with Gasteiger partial charge < -0.3 is 5.32 Å². The van der Waals surface area contributed by atoms with E-state index in [-0.39, 0.29) is 18.1 Å². The zero-order valence-electron chi connectivity index (χ0n) is 15.0. The van der Waals surface area contributed by atoms with E-state index < -0.39 is 4.92 Å². The Kier molecular flexibility index (Phi) is 5.66. The summed E-state index contributed by atoms with van der Waals surface area (Å²) in [5.74, 6) is -0.371. The van der Waals surface area contributed by atoms with Gasteiger partial charge in [-0.3, -0.25) is 24.3 Å². The number of benzene rings is 1. The first-order valence-electron chi connectivity index (χ1n) is 8.20. The molecule has 3 rings (SSSR count). The fourth-order valence-electron chi connectivity index (χ4n) is 2.72. The summed E-state index contributed by atoms with van der Waals surface area (Å²) in [6.45, 7) is 3.84. The summed E-state index contributed by atoms with van der Waals surface area (Å²) >= 11 is 12.3. The molecule has 0 bridgehead atoms. The number of nitro groups is 1. The lowest BCUT2D eigenvalue weighted by Gasteiger charge is -2.09. The van der Waals surface area contributed by atoms with Gasteiger partial charge in [0.25, 0.3) is 0 Å². The molecule has 0 aliphatic rings. The predicted octanol–water partition coefficient (Wildman–Crippen LogP) is 3.60. The first-order chi connectivity index (χ1) is 13.3. The van der Waals surface area contributed by atoms with Crippen LogP contribution in [0.25, 0.3) is 0 Å². The molecule has 146 valence electrons. The highest BCUT2D eigenvalue weighted by atomic mass is 35.5. The molecular weight excluding hydrogens is 407 g/mol. The van der Waals surface area contributed by atoms with Crippen molar-refractivity contribution in [2.45, 2.75) is 26.9 Å². The Morgan fingerprint density at radius 2 is 2.07 bits per heavy atom. The molecule has 2 aromatic heterocycles. The van der Waals surface area contributed by atoms with E-state index in [1.54, 1.807) is 23.7 Å². The van der Waals surface area contributed by atoms with Gasteiger partial charge in [-0.25, -0.2) is 0 Å². The molecule has 1 aromatic carbocycles. The summed E-state index contributed by atoms with van der Waals surface area (Å²) < 4.78 is 2.93. The fraction of sp³-hybridized carbons (Fsp3) is 0.235. The van der Waals surface area contributed by atoms with E-state index in [1.807, 2.05) is 13.0 Å². The lowest BCUT2D eigenvalue weighted by atomic mass is 10.2. The Balaban J connectivity index is 1.75. The van der Waals surface area contributed by atoms with Gasteiger partial charge in [0.15, 0.2) is 0 Å². The van der Waals surface area contributed by atoms with E-state index in [4.69, 9.17) is 23.2 Å². The lowest BCUT2D eigenvalue weighted by Crippen LogP contribution is -2.19. The van der Waals surface area contributed by atoms with Crippen LogP contribution in [0.5, 0.6) is 0 Å². The number of halogens is 2. The molecule has 1 amide bonds. The molecule has 0 saturated heterocycles. The second-order valence-corrected chi connectivity index (χ2v) is 6.90. The molecular formula is C17H16Cl2N6O3. The Bertz CT molecular complexity index is 1060. The zero-order chi connectivity index (χ0) is 20.4. The molecule has 0 aliphatic carbocycles. The highest BCUT2D eigenvalue weighted by Crippen LogP contribution is 2.27. The Morgan fingerprint density at radius 3 is 2.75 bits per heavy atom. The first kappa shape index (κ1) is 19.8. The van der Waals surface area contributed by atoms with Crippen molar-refractivity contribution in [3.63, 3.8) is 0 Å². The SMILES string of the molecule is Cc1nn(Cc2cccc(Cl)c2Cl)c(C)c1NC(=O)Cn1cc([N+](=O)[O-])cn1. The first-order valence-corrected chi connectivity index (χ1v) is 8.95. The van der Waals surface area contributed by atoms with Crippen LogP contribution in [0, 0.1) is 24.0 Å². The largest absolute Gasteiger partial charge is 0.321 e. The van der Waals surface area contributed by atoms with Crippen molar-refractivity contribution < 1.29 is 9.72 Å². The van der Waals surface area contributed by atoms with Gasteiger partial charge in [0.2, 0.25) is 5.91 Å². The van der Waals surface area contributed by atoms with Crippen LogP contribution in [0.3, 0.4) is 0 Å². The molecule has 1 N–H and O–H groups in total. The number of nitrogens with zero attached hydrogens (tertiary/aromatic N) is 5. The smallest absolute Gasteiger partial charge is 0.307 e. The van der Waals surface area contributed by atoms with Gasteiger partial charge in [-0.05, 0) is 25.5 Å². The van der Waals surface area contributed by atoms with E-state index >= 15 is 0 Å². The maximum Gasteiger partial charge on any atom is 0.307 e. The number of nitrogens with one attached hydrogen (secondary N) is 1. The second-order valence-electron chi connectivity index (χ2n) is 6.12. The number of carbonyl (C=O) groups is 1. The quantitative estimate of drug-likeness (QED) is 0.482. The van der Waals surface area contributed by atoms with Crippen molar-refractivity contribution in [3.8, 4) is 0 Å². The van der Waals surface area contributed by atoms with Gasteiger partial charge in [0, 0.05) is 0 Å². The van der Waals surface area contributed by atoms with Crippen molar-refractivity contribution in [1.82, 2.24) is 19.6 Å². The summed E-state index contributed by atoms with van der Waals surface area (Å²) in [6, 6.07) is 5.37. The maximum atomic E-state index is 12.3. The highest BCUT2D eigenvalue weighted by molar-refractivity contribution is 6.42. The second kappa shape index (κ2) is 7.99. The molecule has 0 fully saturated rings. The van der Waals surface area contributed by atoms with Crippen LogP contribution >= 0.6 is 23.2 Å². The summed E-state index contributed by atoms with van der Waals surface area (Å²) in [6.07, 6.45) is 2.29. The number of hydrogen-bond acceptors (Lipinski definition) is 5. The van der Waals surface area contributed by atoms with E-state index in [0.717, 1.165) is 17.5 Å². The Labute approximate surface area is 170 Å². The predicted molar refractivity (Wildman–Crippen MR) is 105 cm³/mol. The van der Waals surface area contributed by atoms with E-state index in [2.05, 4.69) is 15.5 Å². The van der Waals surface area contributed by atoms with Gasteiger partial charge in [0.1, 0.15) is 18.9 Å². The third kappa shape index (κ3) is 4.15. The minimum absolute atomic E-state index is 0.155. The van der Waals surface area contributed by atoms with E-state index in [9.17, 15) is 14.9 Å². The molecule has 2 heterocycles. The van der Waals surface area contributed by atoms with Crippen molar-refractivity contribution in [3.05, 3.63) is 67.7 Å². The number of aromatic nitrogens is 4. The van der Waals surface area contributed by atoms with Crippen LogP contribution < -0.4 is 5.32 Å². The topological polar surface area (TPSA) is 108 Å². The molecule has 0 radical (unpaired) electrons. The molecule has 0 aliphatic heterocycles. The fourth-order valence-corrected chi connectivity index (χ4v) is 3.10. The lowest BCUT2D eigenvalue weighted by molar-refractivity contribution is -0.385. The van der Waals surface area contributed by atoms with Crippen molar-refractivity contribution in [2.24, 2.45) is 0 Å². The zero-order valence-corrected chi connectivity index (χ0v) is 16.5. The van der Waals surface area contributed by atoms with Gasteiger partial charge in [0.05, 0.1) is 38.6 Å². The third-order valence-corrected chi connectivity index (χ3v) is 4.99. The molecule has 0 spiro atoms. The van der Waals surface area contributed by atoms with Crippen LogP contribution in [0.15, 0.2) is 30.6 Å². The van der Waals surface area contributed by atoms with E-state index in [0.29, 0.717) is 28.0 Å². The summed E-state index contributed by atoms with van der Waals surface area (Å²) in [7, 11) is 0. The minimum atomic E-state index is -0.569. The number of rotatable bonds is 6. The average molecular weight is 423 g/mol. The van der Waals surface area contributed by atoms with Crippen molar-refractivity contribution in [1.29, 1.82) is 0 Å². The Hall–Kier alpha value is -2.91. The van der Waals surface area contributed by atoms with Gasteiger partial charge in [-0.15, -0.1) is 0 Å². The molecule has 9 nitrogen and oxygen atoms in total. The van der Waals surface area contributed by atoms with Gasteiger partial charge >= 0.3 is 5.69 Å². The monoisotopic (exact) mass is 422 g/mol. The van der Waals surface area contributed by atoms with Gasteiger partial charge in [-0.2, -0.15) is 10.2 Å². The Morgan fingerprint density at radius 1 is 1.32 bits per heavy atom. The standard InChI is InChI=1S/C17H16Cl2N6O3/c1-10-17(21-15(26)9-23-8-13(6-20-23)25(27)28)11(2)24(22-10)7-12-4-3-5-14(18)16(12)19/h3-6,8H,7,9H2,1-2H3,(H,21,26). The number of anilines is 1. The summed E-state index contributed by atoms with van der Waals surface area (Å²) in [5.41, 5.74) is 2.58. The van der Waals surface area contributed by atoms with Gasteiger partial charge in [-0.1, -0.05) is 35.3 Å². The average Bonchev–Trinajstić information content (AvgIpc) is 3.19. The van der Waals surface area contributed by atoms with Crippen LogP contribution in [0.4, 0.5) is 11.4 Å². The maximum absolute atomic E-state index is 12.3. The van der Waals surface area contributed by atoms with Crippen molar-refractivity contribution >= 4 is 40.5 Å². The number of aryl methyl sites for hydroxylation is 1.